The molecule has 5 heteroatoms. The van der Waals surface area contributed by atoms with Crippen LogP contribution < -0.4 is 5.32 Å². The first-order chi connectivity index (χ1) is 8.23. The van der Waals surface area contributed by atoms with Crippen LogP contribution >= 0.6 is 0 Å². The quantitative estimate of drug-likeness (QED) is 0.694. The fourth-order valence-corrected chi connectivity index (χ4v) is 3.19. The minimum atomic E-state index is -0.585. The minimum Gasteiger partial charge on any atom is -0.379 e. The van der Waals surface area contributed by atoms with E-state index in [0.29, 0.717) is 13.2 Å². The first-order valence-electron chi connectivity index (χ1n) is 6.46. The number of ether oxygens (including phenoxy) is 1. The molecule has 2 saturated heterocycles. The van der Waals surface area contributed by atoms with Crippen LogP contribution in [0, 0.1) is 0 Å². The predicted molar refractivity (Wildman–Crippen MR) is 60.4 cm³/mol. The second-order valence-electron chi connectivity index (χ2n) is 5.27. The molecule has 1 atom stereocenters. The molecule has 17 heavy (non-hydrogen) atoms. The van der Waals surface area contributed by atoms with Gasteiger partial charge in [-0.3, -0.25) is 9.69 Å². The SMILES string of the molecule is O=C1NC2(CCCCC2)C(=O)N1C1CCOC1. The van der Waals surface area contributed by atoms with Crippen LogP contribution in [0.1, 0.15) is 38.5 Å². The van der Waals surface area contributed by atoms with Crippen molar-refractivity contribution in [3.05, 3.63) is 0 Å². The molecule has 5 nitrogen and oxygen atoms in total. The molecule has 1 N–H and O–H groups in total. The van der Waals surface area contributed by atoms with E-state index in [4.69, 9.17) is 4.74 Å². The third-order valence-electron chi connectivity index (χ3n) is 4.17. The molecule has 2 aliphatic heterocycles. The van der Waals surface area contributed by atoms with Crippen LogP contribution in [-0.4, -0.2) is 41.6 Å². The lowest BCUT2D eigenvalue weighted by Crippen LogP contribution is -2.49. The fourth-order valence-electron chi connectivity index (χ4n) is 3.19. The third-order valence-corrected chi connectivity index (χ3v) is 4.17. The largest absolute Gasteiger partial charge is 0.379 e. The van der Waals surface area contributed by atoms with E-state index in [1.165, 1.54) is 4.90 Å². The summed E-state index contributed by atoms with van der Waals surface area (Å²) in [5.41, 5.74) is -0.585. The second kappa shape index (κ2) is 3.98. The van der Waals surface area contributed by atoms with Crippen molar-refractivity contribution in [2.45, 2.75) is 50.1 Å². The maximum atomic E-state index is 12.5. The molecule has 0 bridgehead atoms. The van der Waals surface area contributed by atoms with E-state index in [9.17, 15) is 9.59 Å². The summed E-state index contributed by atoms with van der Waals surface area (Å²) < 4.78 is 5.27. The predicted octanol–water partition coefficient (Wildman–Crippen LogP) is 1.03. The van der Waals surface area contributed by atoms with E-state index in [1.807, 2.05) is 0 Å². The Morgan fingerprint density at radius 2 is 2.00 bits per heavy atom. The number of nitrogens with one attached hydrogen (secondary N) is 1. The number of imide groups is 1. The van der Waals surface area contributed by atoms with Crippen molar-refractivity contribution in [1.82, 2.24) is 10.2 Å². The Bertz CT molecular complexity index is 344. The first-order valence-corrected chi connectivity index (χ1v) is 6.46. The van der Waals surface area contributed by atoms with Crippen molar-refractivity contribution in [3.8, 4) is 0 Å². The summed E-state index contributed by atoms with van der Waals surface area (Å²) in [5, 5.41) is 2.93. The van der Waals surface area contributed by atoms with E-state index in [0.717, 1.165) is 38.5 Å². The second-order valence-corrected chi connectivity index (χ2v) is 5.27. The summed E-state index contributed by atoms with van der Waals surface area (Å²) in [6, 6.07) is -0.267. The van der Waals surface area contributed by atoms with E-state index in [2.05, 4.69) is 5.32 Å². The highest BCUT2D eigenvalue weighted by Gasteiger charge is 2.53. The monoisotopic (exact) mass is 238 g/mol. The van der Waals surface area contributed by atoms with Crippen LogP contribution in [0.3, 0.4) is 0 Å². The molecule has 1 aliphatic carbocycles. The van der Waals surface area contributed by atoms with Gasteiger partial charge in [0.15, 0.2) is 0 Å². The molecule has 1 saturated carbocycles. The molecule has 0 aromatic carbocycles. The lowest BCUT2D eigenvalue weighted by atomic mass is 9.81. The zero-order valence-corrected chi connectivity index (χ0v) is 9.91. The lowest BCUT2D eigenvalue weighted by Gasteiger charge is -2.31. The summed E-state index contributed by atoms with van der Waals surface area (Å²) in [6.45, 7) is 1.14. The number of nitrogens with zero attached hydrogens (tertiary/aromatic N) is 1. The number of amides is 3. The number of hydrogen-bond donors (Lipinski definition) is 1. The molecule has 3 rings (SSSR count). The topological polar surface area (TPSA) is 58.6 Å². The smallest absolute Gasteiger partial charge is 0.325 e. The maximum absolute atomic E-state index is 12.5. The van der Waals surface area contributed by atoms with Gasteiger partial charge in [-0.05, 0) is 19.3 Å². The highest BCUT2D eigenvalue weighted by molar-refractivity contribution is 6.07. The van der Waals surface area contributed by atoms with E-state index < -0.39 is 5.54 Å². The van der Waals surface area contributed by atoms with Crippen molar-refractivity contribution in [3.63, 3.8) is 0 Å². The summed E-state index contributed by atoms with van der Waals surface area (Å²) >= 11 is 0. The number of hydrogen-bond acceptors (Lipinski definition) is 3. The Hall–Kier alpha value is -1.10. The zero-order valence-electron chi connectivity index (χ0n) is 9.91. The minimum absolute atomic E-state index is 0.0160. The number of carbonyl (C=O) groups is 2. The van der Waals surface area contributed by atoms with Crippen LogP contribution in [0.5, 0.6) is 0 Å². The van der Waals surface area contributed by atoms with Gasteiger partial charge in [-0.1, -0.05) is 19.3 Å². The summed E-state index contributed by atoms with van der Waals surface area (Å²) in [6.07, 6.45) is 5.58. The molecule has 3 amide bonds. The Morgan fingerprint density at radius 1 is 1.24 bits per heavy atom. The lowest BCUT2D eigenvalue weighted by molar-refractivity contribution is -0.134. The Balaban J connectivity index is 1.82. The van der Waals surface area contributed by atoms with E-state index >= 15 is 0 Å². The summed E-state index contributed by atoms with van der Waals surface area (Å²) in [4.78, 5) is 25.9. The maximum Gasteiger partial charge on any atom is 0.325 e. The van der Waals surface area contributed by atoms with Crippen molar-refractivity contribution in [1.29, 1.82) is 0 Å². The zero-order chi connectivity index (χ0) is 11.9. The van der Waals surface area contributed by atoms with Crippen molar-refractivity contribution < 1.29 is 14.3 Å². The molecule has 1 spiro atoms. The van der Waals surface area contributed by atoms with Gasteiger partial charge in [0.1, 0.15) is 5.54 Å². The van der Waals surface area contributed by atoms with Gasteiger partial charge in [0, 0.05) is 6.61 Å². The van der Waals surface area contributed by atoms with E-state index in [1.54, 1.807) is 0 Å². The van der Waals surface area contributed by atoms with Crippen molar-refractivity contribution in [2.24, 2.45) is 0 Å². The highest BCUT2D eigenvalue weighted by Crippen LogP contribution is 2.35. The molecule has 2 heterocycles. The van der Waals surface area contributed by atoms with Gasteiger partial charge in [-0.15, -0.1) is 0 Å². The molecule has 3 fully saturated rings. The van der Waals surface area contributed by atoms with Gasteiger partial charge in [0.25, 0.3) is 5.91 Å². The van der Waals surface area contributed by atoms with E-state index in [-0.39, 0.29) is 18.0 Å². The number of rotatable bonds is 1. The first kappa shape index (κ1) is 11.0. The van der Waals surface area contributed by atoms with Crippen LogP contribution in [0.25, 0.3) is 0 Å². The average molecular weight is 238 g/mol. The average Bonchev–Trinajstić information content (AvgIpc) is 2.90. The number of carbonyl (C=O) groups excluding carboxylic acids is 2. The molecule has 0 aromatic heterocycles. The summed E-state index contributed by atoms with van der Waals surface area (Å²) in [7, 11) is 0. The standard InChI is InChI=1S/C12H18N2O3/c15-10-12(5-2-1-3-6-12)13-11(16)14(10)9-4-7-17-8-9/h9H,1-8H2,(H,13,16). The van der Waals surface area contributed by atoms with Gasteiger partial charge in [0.2, 0.25) is 0 Å². The normalized spacial score (nSPS) is 32.2. The van der Waals surface area contributed by atoms with Gasteiger partial charge in [-0.2, -0.15) is 0 Å². The van der Waals surface area contributed by atoms with Crippen molar-refractivity contribution in [2.75, 3.05) is 13.2 Å². The van der Waals surface area contributed by atoms with Crippen LogP contribution in [0.15, 0.2) is 0 Å². The van der Waals surface area contributed by atoms with Gasteiger partial charge in [-0.25, -0.2) is 4.79 Å². The molecule has 0 radical (unpaired) electrons. The Kier molecular flexibility index (Phi) is 2.58. The van der Waals surface area contributed by atoms with Gasteiger partial charge >= 0.3 is 6.03 Å². The third kappa shape index (κ3) is 1.64. The highest BCUT2D eigenvalue weighted by atomic mass is 16.5. The van der Waals surface area contributed by atoms with Crippen LogP contribution in [0.2, 0.25) is 0 Å². The Labute approximate surface area is 100 Å². The molecular weight excluding hydrogens is 220 g/mol. The molecule has 94 valence electrons. The molecular formula is C12H18N2O3. The van der Waals surface area contributed by atoms with Crippen LogP contribution in [0.4, 0.5) is 4.79 Å². The van der Waals surface area contributed by atoms with Crippen molar-refractivity contribution >= 4 is 11.9 Å². The van der Waals surface area contributed by atoms with Gasteiger partial charge < -0.3 is 10.1 Å². The summed E-state index contributed by atoms with van der Waals surface area (Å²) in [5.74, 6) is -0.0160. The van der Waals surface area contributed by atoms with Gasteiger partial charge in [0.05, 0.1) is 12.6 Å². The number of urea groups is 1. The molecule has 3 aliphatic rings. The molecule has 1 unspecified atom stereocenters. The fraction of sp³-hybridized carbons (Fsp3) is 0.833. The molecule has 0 aromatic rings. The van der Waals surface area contributed by atoms with Crippen LogP contribution in [-0.2, 0) is 9.53 Å². The Morgan fingerprint density at radius 3 is 2.65 bits per heavy atom.